The quantitative estimate of drug-likeness (QED) is 0.189. The summed E-state index contributed by atoms with van der Waals surface area (Å²) in [5, 5.41) is 0. The zero-order chi connectivity index (χ0) is 28.5. The van der Waals surface area contributed by atoms with E-state index in [1.165, 1.54) is 12.1 Å². The van der Waals surface area contributed by atoms with Crippen molar-refractivity contribution in [3.05, 3.63) is 111 Å². The summed E-state index contributed by atoms with van der Waals surface area (Å²) >= 11 is 0. The molecule has 0 aromatic heterocycles. The van der Waals surface area contributed by atoms with Crippen LogP contribution in [0.25, 0.3) is 22.3 Å². The maximum absolute atomic E-state index is 12.0. The second-order valence-electron chi connectivity index (χ2n) is 7.85. The molecule has 39 heavy (non-hydrogen) atoms. The first-order valence-corrected chi connectivity index (χ1v) is 11.5. The predicted molar refractivity (Wildman–Crippen MR) is 145 cm³/mol. The minimum Gasteiger partial charge on any atom is -0.423 e. The lowest BCUT2D eigenvalue weighted by atomic mass is 9.94. The fourth-order valence-electron chi connectivity index (χ4n) is 3.51. The van der Waals surface area contributed by atoms with Gasteiger partial charge in [-0.2, -0.15) is 0 Å². The Morgan fingerprint density at radius 2 is 0.949 bits per heavy atom. The number of carbonyl (C=O) groups excluding carboxylic acids is 4. The molecule has 0 saturated heterocycles. The van der Waals surface area contributed by atoms with E-state index in [0.717, 1.165) is 29.9 Å². The molecule has 8 heteroatoms. The lowest BCUT2D eigenvalue weighted by Crippen LogP contribution is -2.07. The number of benzene rings is 3. The van der Waals surface area contributed by atoms with Crippen molar-refractivity contribution >= 4 is 23.9 Å². The number of hydrogen-bond donors (Lipinski definition) is 0. The maximum Gasteiger partial charge on any atom is 0.335 e. The van der Waals surface area contributed by atoms with Crippen molar-refractivity contribution in [1.82, 2.24) is 0 Å². The summed E-state index contributed by atoms with van der Waals surface area (Å²) in [6.45, 7) is 15.4. The highest BCUT2D eigenvalue weighted by Crippen LogP contribution is 2.39. The van der Waals surface area contributed by atoms with Crippen LogP contribution in [0.3, 0.4) is 0 Å². The van der Waals surface area contributed by atoms with Crippen LogP contribution in [0.15, 0.2) is 105 Å². The zero-order valence-corrected chi connectivity index (χ0v) is 21.1. The molecule has 0 aliphatic carbocycles. The van der Waals surface area contributed by atoms with Crippen molar-refractivity contribution in [2.75, 3.05) is 0 Å². The molecule has 0 unspecified atom stereocenters. The van der Waals surface area contributed by atoms with Gasteiger partial charge in [0.05, 0.1) is 0 Å². The predicted octanol–water partition coefficient (Wildman–Crippen LogP) is 5.69. The summed E-state index contributed by atoms with van der Waals surface area (Å²) in [6, 6.07) is 14.7. The van der Waals surface area contributed by atoms with E-state index in [1.807, 2.05) is 13.0 Å². The van der Waals surface area contributed by atoms with Gasteiger partial charge in [0.1, 0.15) is 23.0 Å². The van der Waals surface area contributed by atoms with Gasteiger partial charge in [0, 0.05) is 47.6 Å². The molecule has 0 saturated carbocycles. The largest absolute Gasteiger partial charge is 0.423 e. The lowest BCUT2D eigenvalue weighted by Gasteiger charge is -2.16. The highest BCUT2D eigenvalue weighted by Gasteiger charge is 2.17. The number of rotatable bonds is 10. The molecule has 3 rings (SSSR count). The first-order valence-electron chi connectivity index (χ1n) is 11.5. The van der Waals surface area contributed by atoms with Crippen molar-refractivity contribution < 1.29 is 38.1 Å². The summed E-state index contributed by atoms with van der Waals surface area (Å²) in [5.41, 5.74) is 3.28. The molecule has 0 aliphatic heterocycles. The molecule has 0 bridgehead atoms. The Morgan fingerprint density at radius 3 is 1.41 bits per heavy atom. The van der Waals surface area contributed by atoms with E-state index >= 15 is 0 Å². The molecule has 0 heterocycles. The standard InChI is InChI=1S/C31H24O8/c1-6-28(32)36-21-11-14-24(26(17-21)38-30(34)8-3)20-10-13-23(19(5)16-20)25-15-12-22(37-29(33)7-2)18-27(25)39-31(35)9-4/h6-18H,1-4H2,5H3. The third kappa shape index (κ3) is 7.05. The van der Waals surface area contributed by atoms with E-state index in [0.29, 0.717) is 22.3 Å². The first-order chi connectivity index (χ1) is 18.7. The second kappa shape index (κ2) is 12.6. The van der Waals surface area contributed by atoms with E-state index in [-0.39, 0.29) is 23.0 Å². The fourth-order valence-corrected chi connectivity index (χ4v) is 3.51. The summed E-state index contributed by atoms with van der Waals surface area (Å²) < 4.78 is 21.1. The van der Waals surface area contributed by atoms with E-state index in [1.54, 1.807) is 36.4 Å². The van der Waals surface area contributed by atoms with Gasteiger partial charge in [-0.3, -0.25) is 0 Å². The van der Waals surface area contributed by atoms with Gasteiger partial charge in [-0.15, -0.1) is 0 Å². The maximum atomic E-state index is 12.0. The average molecular weight is 525 g/mol. The van der Waals surface area contributed by atoms with Gasteiger partial charge < -0.3 is 18.9 Å². The molecule has 196 valence electrons. The van der Waals surface area contributed by atoms with E-state index in [9.17, 15) is 19.2 Å². The third-order valence-electron chi connectivity index (χ3n) is 5.26. The average Bonchev–Trinajstić information content (AvgIpc) is 2.93. The second-order valence-corrected chi connectivity index (χ2v) is 7.85. The van der Waals surface area contributed by atoms with Gasteiger partial charge in [0.15, 0.2) is 0 Å². The van der Waals surface area contributed by atoms with Crippen molar-refractivity contribution in [3.63, 3.8) is 0 Å². The van der Waals surface area contributed by atoms with Crippen LogP contribution in [0.2, 0.25) is 0 Å². The van der Waals surface area contributed by atoms with Gasteiger partial charge in [-0.05, 0) is 47.9 Å². The zero-order valence-electron chi connectivity index (χ0n) is 21.1. The fraction of sp³-hybridized carbons (Fsp3) is 0.0323. The highest BCUT2D eigenvalue weighted by atomic mass is 16.6. The molecular weight excluding hydrogens is 500 g/mol. The number of aryl methyl sites for hydroxylation is 1. The molecule has 0 radical (unpaired) electrons. The first kappa shape index (κ1) is 28.1. The minimum absolute atomic E-state index is 0.149. The van der Waals surface area contributed by atoms with Crippen LogP contribution < -0.4 is 18.9 Å². The van der Waals surface area contributed by atoms with Crippen molar-refractivity contribution in [2.45, 2.75) is 6.92 Å². The molecule has 0 amide bonds. The normalized spacial score (nSPS) is 9.97. The van der Waals surface area contributed by atoms with Crippen molar-refractivity contribution in [2.24, 2.45) is 0 Å². The SMILES string of the molecule is C=CC(=O)Oc1ccc(-c2ccc(-c3ccc(OC(=O)C=C)cc3OC(=O)C=C)c(C)c2)c(OC(=O)C=C)c1. The van der Waals surface area contributed by atoms with Crippen LogP contribution in [0, 0.1) is 6.92 Å². The third-order valence-corrected chi connectivity index (χ3v) is 5.26. The van der Waals surface area contributed by atoms with Crippen LogP contribution >= 0.6 is 0 Å². The molecule has 0 atom stereocenters. The molecule has 0 N–H and O–H groups in total. The van der Waals surface area contributed by atoms with Crippen LogP contribution in [-0.4, -0.2) is 23.9 Å². The number of carbonyl (C=O) groups is 4. The minimum atomic E-state index is -0.692. The molecule has 0 fully saturated rings. The van der Waals surface area contributed by atoms with Crippen LogP contribution in [0.4, 0.5) is 0 Å². The Hall–Kier alpha value is -5.50. The van der Waals surface area contributed by atoms with E-state index in [2.05, 4.69) is 26.3 Å². The molecule has 0 aliphatic rings. The number of ether oxygens (including phenoxy) is 4. The van der Waals surface area contributed by atoms with Crippen LogP contribution in [-0.2, 0) is 19.2 Å². The molecular formula is C31H24O8. The topological polar surface area (TPSA) is 105 Å². The Morgan fingerprint density at radius 1 is 0.538 bits per heavy atom. The Kier molecular flexibility index (Phi) is 9.10. The molecule has 3 aromatic rings. The van der Waals surface area contributed by atoms with E-state index < -0.39 is 23.9 Å². The Labute approximate surface area is 225 Å². The Balaban J connectivity index is 2.07. The Bertz CT molecular complexity index is 1510. The van der Waals surface area contributed by atoms with Gasteiger partial charge >= 0.3 is 23.9 Å². The van der Waals surface area contributed by atoms with Gasteiger partial charge in [-0.1, -0.05) is 44.5 Å². The van der Waals surface area contributed by atoms with E-state index in [4.69, 9.17) is 18.9 Å². The highest BCUT2D eigenvalue weighted by molar-refractivity contribution is 5.89. The smallest absolute Gasteiger partial charge is 0.335 e. The van der Waals surface area contributed by atoms with Gasteiger partial charge in [0.2, 0.25) is 0 Å². The summed E-state index contributed by atoms with van der Waals surface area (Å²) in [4.78, 5) is 47.2. The summed E-state index contributed by atoms with van der Waals surface area (Å²) in [5.74, 6) is -2.09. The van der Waals surface area contributed by atoms with Crippen molar-refractivity contribution in [1.29, 1.82) is 0 Å². The molecule has 0 spiro atoms. The van der Waals surface area contributed by atoms with Gasteiger partial charge in [0.25, 0.3) is 0 Å². The van der Waals surface area contributed by atoms with Gasteiger partial charge in [-0.25, -0.2) is 19.2 Å². The number of hydrogen-bond acceptors (Lipinski definition) is 8. The molecule has 8 nitrogen and oxygen atoms in total. The monoisotopic (exact) mass is 524 g/mol. The molecule has 3 aromatic carbocycles. The number of esters is 4. The van der Waals surface area contributed by atoms with Crippen molar-refractivity contribution in [3.8, 4) is 45.3 Å². The van der Waals surface area contributed by atoms with Crippen LogP contribution in [0.5, 0.6) is 23.0 Å². The summed E-state index contributed by atoms with van der Waals surface area (Å²) in [7, 11) is 0. The van der Waals surface area contributed by atoms with Crippen LogP contribution in [0.1, 0.15) is 5.56 Å². The summed E-state index contributed by atoms with van der Waals surface area (Å²) in [6.07, 6.45) is 4.07. The lowest BCUT2D eigenvalue weighted by molar-refractivity contribution is -0.130.